The first-order valence-corrected chi connectivity index (χ1v) is 11.7. The lowest BCUT2D eigenvalue weighted by molar-refractivity contribution is -0.124. The fraction of sp³-hybridized carbons (Fsp3) is 0.625. The molecule has 3 aliphatic rings. The number of hydrogen-bond donors (Lipinski definition) is 3. The predicted molar refractivity (Wildman–Crippen MR) is 122 cm³/mol. The van der Waals surface area contributed by atoms with Crippen molar-refractivity contribution in [2.75, 3.05) is 0 Å². The van der Waals surface area contributed by atoms with Crippen LogP contribution in [0.15, 0.2) is 45.6 Å². The van der Waals surface area contributed by atoms with E-state index in [1.807, 2.05) is 30.3 Å². The molecular weight excluding hydrogens is 388 g/mol. The maximum absolute atomic E-state index is 13.6. The Morgan fingerprint density at radius 2 is 1.48 bits per heavy atom. The maximum atomic E-state index is 13.6. The van der Waals surface area contributed by atoms with Crippen molar-refractivity contribution in [3.63, 3.8) is 0 Å². The van der Waals surface area contributed by atoms with Gasteiger partial charge < -0.3 is 11.7 Å². The number of ketones is 1. The van der Waals surface area contributed by atoms with Gasteiger partial charge in [-0.2, -0.15) is 15.3 Å². The van der Waals surface area contributed by atoms with Crippen LogP contribution in [0.2, 0.25) is 0 Å². The zero-order valence-corrected chi connectivity index (χ0v) is 18.2. The summed E-state index contributed by atoms with van der Waals surface area (Å²) in [6.45, 7) is 0. The average molecular weight is 423 g/mol. The molecule has 3 aliphatic carbocycles. The Kier molecular flexibility index (Phi) is 6.21. The molecule has 1 unspecified atom stereocenters. The zero-order valence-electron chi connectivity index (χ0n) is 18.2. The number of nitrogens with one attached hydrogen (secondary N) is 1. The van der Waals surface area contributed by atoms with E-state index >= 15 is 0 Å². The molecule has 0 aliphatic heterocycles. The number of carbonyl (C=O) groups excluding carboxylic acids is 1. The van der Waals surface area contributed by atoms with Gasteiger partial charge in [-0.05, 0) is 50.0 Å². The van der Waals surface area contributed by atoms with Gasteiger partial charge >= 0.3 is 0 Å². The summed E-state index contributed by atoms with van der Waals surface area (Å²) in [6, 6.07) is 9.95. The van der Waals surface area contributed by atoms with Crippen LogP contribution in [0, 0.1) is 16.9 Å². The second kappa shape index (κ2) is 8.89. The first-order chi connectivity index (χ1) is 15.1. The number of Topliss-reactive ketones (excluding diaryl/α,β-unsaturated/α-hetero) is 1. The molecule has 0 heterocycles. The summed E-state index contributed by atoms with van der Waals surface area (Å²) in [4.78, 5) is 13.6. The van der Waals surface area contributed by atoms with E-state index < -0.39 is 5.41 Å². The van der Waals surface area contributed by atoms with E-state index in [9.17, 15) is 4.79 Å². The van der Waals surface area contributed by atoms with Crippen LogP contribution in [0.4, 0.5) is 0 Å². The first kappa shape index (κ1) is 21.7. The lowest BCUT2D eigenvalue weighted by Crippen LogP contribution is -2.47. The molecule has 0 radical (unpaired) electrons. The largest absolute Gasteiger partial charge is 0.323 e. The molecule has 166 valence electrons. The van der Waals surface area contributed by atoms with Crippen molar-refractivity contribution >= 4 is 17.2 Å². The van der Waals surface area contributed by atoms with E-state index in [1.165, 1.54) is 32.1 Å². The quantitative estimate of drug-likeness (QED) is 0.371. The van der Waals surface area contributed by atoms with Crippen molar-refractivity contribution in [3.05, 3.63) is 35.9 Å². The van der Waals surface area contributed by atoms with Crippen molar-refractivity contribution in [1.82, 2.24) is 0 Å². The summed E-state index contributed by atoms with van der Waals surface area (Å²) in [7, 11) is 0. The van der Waals surface area contributed by atoms with Crippen molar-refractivity contribution < 1.29 is 4.79 Å². The summed E-state index contributed by atoms with van der Waals surface area (Å²) in [6.07, 6.45) is 11.4. The Balaban J connectivity index is 1.68. The highest BCUT2D eigenvalue weighted by Crippen LogP contribution is 2.57. The van der Waals surface area contributed by atoms with Crippen molar-refractivity contribution in [2.45, 2.75) is 82.1 Å². The van der Waals surface area contributed by atoms with Gasteiger partial charge in [0.1, 0.15) is 0 Å². The molecule has 0 amide bonds. The normalized spacial score (nSPS) is 35.4. The fourth-order valence-corrected chi connectivity index (χ4v) is 6.51. The lowest BCUT2D eigenvalue weighted by atomic mass is 9.57. The third kappa shape index (κ3) is 3.58. The standard InChI is InChI=1S/C24H34N6O/c25-28-20-19(17-9-5-4-6-10-17)23(22(31)21(20)29-26)13-15-24(30-27,16-14-23)18-11-7-2-1-3-8-12-18/h4-6,9-10,18-19,27H,1-3,7-8,11-16,25-26H2. The van der Waals surface area contributed by atoms with E-state index in [2.05, 4.69) is 15.3 Å². The molecule has 31 heavy (non-hydrogen) atoms. The number of carbonyl (C=O) groups is 1. The van der Waals surface area contributed by atoms with Crippen LogP contribution in [-0.4, -0.2) is 22.7 Å². The van der Waals surface area contributed by atoms with Gasteiger partial charge in [-0.3, -0.25) is 4.79 Å². The molecule has 7 heteroatoms. The third-order valence-electron chi connectivity index (χ3n) is 8.23. The highest BCUT2D eigenvalue weighted by atomic mass is 16.1. The summed E-state index contributed by atoms with van der Waals surface area (Å²) in [5.41, 5.74) is 8.83. The minimum atomic E-state index is -0.659. The molecule has 4 rings (SSSR count). The molecule has 5 N–H and O–H groups in total. The molecular formula is C24H34N6O. The van der Waals surface area contributed by atoms with E-state index in [0.717, 1.165) is 31.2 Å². The molecule has 0 saturated heterocycles. The number of nitrogens with zero attached hydrogens (tertiary/aromatic N) is 3. The van der Waals surface area contributed by atoms with Gasteiger partial charge in [-0.1, -0.05) is 62.4 Å². The number of hydrazone groups is 2. The molecule has 3 saturated carbocycles. The summed E-state index contributed by atoms with van der Waals surface area (Å²) in [5, 5.41) is 12.1. The smallest absolute Gasteiger partial charge is 0.192 e. The number of nitrogens with two attached hydrogens (primary N) is 2. The second-order valence-corrected chi connectivity index (χ2v) is 9.58. The van der Waals surface area contributed by atoms with Gasteiger partial charge in [0, 0.05) is 11.3 Å². The minimum Gasteiger partial charge on any atom is -0.323 e. The van der Waals surface area contributed by atoms with Crippen LogP contribution < -0.4 is 11.7 Å². The van der Waals surface area contributed by atoms with Gasteiger partial charge in [0.25, 0.3) is 0 Å². The number of benzene rings is 1. The highest BCUT2D eigenvalue weighted by Gasteiger charge is 2.61. The molecule has 1 aromatic carbocycles. The molecule has 0 bridgehead atoms. The molecule has 3 fully saturated rings. The average Bonchev–Trinajstić information content (AvgIpc) is 3.02. The lowest BCUT2D eigenvalue weighted by Gasteiger charge is -2.47. The highest BCUT2D eigenvalue weighted by molar-refractivity contribution is 6.73. The molecule has 7 nitrogen and oxygen atoms in total. The van der Waals surface area contributed by atoms with Crippen LogP contribution in [0.1, 0.15) is 82.1 Å². The topological polar surface area (TPSA) is 130 Å². The third-order valence-corrected chi connectivity index (χ3v) is 8.23. The van der Waals surface area contributed by atoms with Crippen LogP contribution >= 0.6 is 0 Å². The zero-order chi connectivity index (χ0) is 21.9. The summed E-state index contributed by atoms with van der Waals surface area (Å²) >= 11 is 0. The molecule has 1 aromatic rings. The Morgan fingerprint density at radius 3 is 2.03 bits per heavy atom. The maximum Gasteiger partial charge on any atom is 0.192 e. The van der Waals surface area contributed by atoms with E-state index in [4.69, 9.17) is 17.2 Å². The second-order valence-electron chi connectivity index (χ2n) is 9.58. The van der Waals surface area contributed by atoms with Crippen molar-refractivity contribution in [2.24, 2.45) is 38.3 Å². The van der Waals surface area contributed by atoms with Gasteiger partial charge in [0.15, 0.2) is 11.5 Å². The first-order valence-electron chi connectivity index (χ1n) is 11.7. The number of hydrogen-bond acceptors (Lipinski definition) is 7. The van der Waals surface area contributed by atoms with Crippen LogP contribution in [0.3, 0.4) is 0 Å². The van der Waals surface area contributed by atoms with Crippen LogP contribution in [0.25, 0.3) is 0 Å². The van der Waals surface area contributed by atoms with Gasteiger partial charge in [-0.15, -0.1) is 0 Å². The van der Waals surface area contributed by atoms with Crippen molar-refractivity contribution in [3.8, 4) is 0 Å². The van der Waals surface area contributed by atoms with Gasteiger partial charge in [0.2, 0.25) is 0 Å². The van der Waals surface area contributed by atoms with Crippen LogP contribution in [-0.2, 0) is 4.79 Å². The summed E-state index contributed by atoms with van der Waals surface area (Å²) in [5.74, 6) is 11.5. The molecule has 0 aromatic heterocycles. The Bertz CT molecular complexity index is 861. The monoisotopic (exact) mass is 422 g/mol. The van der Waals surface area contributed by atoms with Gasteiger partial charge in [-0.25, -0.2) is 5.53 Å². The Labute approximate surface area is 184 Å². The molecule has 1 spiro atoms. The van der Waals surface area contributed by atoms with E-state index in [0.29, 0.717) is 24.5 Å². The number of rotatable bonds is 3. The molecule has 1 atom stereocenters. The SMILES string of the molecule is N=NC1(C2CCCCCCC2)CCC2(CC1)C(=O)C(=NN)C(=NN)C2c1ccccc1. The Hall–Kier alpha value is -2.57. The van der Waals surface area contributed by atoms with Crippen molar-refractivity contribution in [1.29, 1.82) is 5.53 Å². The van der Waals surface area contributed by atoms with E-state index in [1.54, 1.807) is 0 Å². The Morgan fingerprint density at radius 1 is 0.871 bits per heavy atom. The predicted octanol–water partition coefficient (Wildman–Crippen LogP) is 4.67. The minimum absolute atomic E-state index is 0.0516. The van der Waals surface area contributed by atoms with Crippen LogP contribution in [0.5, 0.6) is 0 Å². The van der Waals surface area contributed by atoms with E-state index in [-0.39, 0.29) is 23.0 Å². The fourth-order valence-electron chi connectivity index (χ4n) is 6.51. The van der Waals surface area contributed by atoms with Gasteiger partial charge in [0.05, 0.1) is 11.3 Å². The summed E-state index contributed by atoms with van der Waals surface area (Å²) < 4.78 is 0.